The number of hydrogen-bond acceptors (Lipinski definition) is 1. The number of aryl methyl sites for hydroxylation is 1. The van der Waals surface area contributed by atoms with Crippen LogP contribution in [0.3, 0.4) is 0 Å². The topological polar surface area (TPSA) is 20.2 Å². The van der Waals surface area contributed by atoms with Crippen LogP contribution in [0.25, 0.3) is 0 Å². The zero-order valence-corrected chi connectivity index (χ0v) is 7.12. The lowest BCUT2D eigenvalue weighted by Crippen LogP contribution is -1.98. The van der Waals surface area contributed by atoms with Gasteiger partial charge in [-0.2, -0.15) is 0 Å². The molecular weight excluding hydrogens is 143 g/mol. The lowest BCUT2D eigenvalue weighted by molar-refractivity contribution is 0.475. The summed E-state index contributed by atoms with van der Waals surface area (Å²) in [5.41, 5.74) is 1.27. The third-order valence-electron chi connectivity index (χ3n) is 1.51. The Bertz CT molecular complexity index is 233. The summed E-state index contributed by atoms with van der Waals surface area (Å²) < 4.78 is 0. The second-order valence-corrected chi connectivity index (χ2v) is 2.86. The van der Waals surface area contributed by atoms with Gasteiger partial charge >= 0.3 is 0 Å². The normalized spacial score (nSPS) is 9.80. The molecule has 0 radical (unpaired) electrons. The Labute approximate surface area is 63.3 Å². The van der Waals surface area contributed by atoms with E-state index in [2.05, 4.69) is 16.2 Å². The average molecular weight is 154 g/mol. The molecular formula is C8H11OP. The highest BCUT2D eigenvalue weighted by molar-refractivity contribution is 7.27. The molecule has 0 aliphatic rings. The fraction of sp³-hybridized carbons (Fsp3) is 0.250. The predicted molar refractivity (Wildman–Crippen MR) is 46.8 cm³/mol. The van der Waals surface area contributed by atoms with Crippen molar-refractivity contribution in [3.63, 3.8) is 0 Å². The molecule has 0 aliphatic carbocycles. The molecule has 0 heterocycles. The highest BCUT2D eigenvalue weighted by atomic mass is 31.0. The van der Waals surface area contributed by atoms with Crippen LogP contribution in [0.5, 0.6) is 5.75 Å². The van der Waals surface area contributed by atoms with Crippen molar-refractivity contribution in [1.82, 2.24) is 0 Å². The van der Waals surface area contributed by atoms with Crippen molar-refractivity contribution in [2.75, 3.05) is 0 Å². The number of benzene rings is 1. The van der Waals surface area contributed by atoms with Gasteiger partial charge in [-0.25, -0.2) is 0 Å². The molecule has 1 aromatic rings. The molecule has 1 rings (SSSR count). The predicted octanol–water partition coefficient (Wildman–Crippen LogP) is 1.46. The van der Waals surface area contributed by atoms with Crippen molar-refractivity contribution in [3.05, 3.63) is 23.8 Å². The SMILES string of the molecule is CCc1ccc(O)cc1P. The van der Waals surface area contributed by atoms with E-state index in [1.54, 1.807) is 12.1 Å². The van der Waals surface area contributed by atoms with E-state index in [1.165, 1.54) is 5.56 Å². The van der Waals surface area contributed by atoms with Crippen LogP contribution >= 0.6 is 9.24 Å². The smallest absolute Gasteiger partial charge is 0.116 e. The molecule has 1 atom stereocenters. The molecule has 0 aromatic heterocycles. The highest BCUT2D eigenvalue weighted by Gasteiger charge is 1.94. The molecule has 1 unspecified atom stereocenters. The summed E-state index contributed by atoms with van der Waals surface area (Å²) in [5.74, 6) is 0.335. The monoisotopic (exact) mass is 154 g/mol. The van der Waals surface area contributed by atoms with Gasteiger partial charge in [-0.1, -0.05) is 13.0 Å². The molecule has 0 amide bonds. The maximum Gasteiger partial charge on any atom is 0.116 e. The van der Waals surface area contributed by atoms with E-state index in [-0.39, 0.29) is 0 Å². The molecule has 0 fully saturated rings. The summed E-state index contributed by atoms with van der Waals surface area (Å²) in [4.78, 5) is 0. The largest absolute Gasteiger partial charge is 0.508 e. The van der Waals surface area contributed by atoms with Gasteiger partial charge in [0.05, 0.1) is 0 Å². The first-order valence-electron chi connectivity index (χ1n) is 3.31. The van der Waals surface area contributed by atoms with Gasteiger partial charge in [0, 0.05) is 0 Å². The second kappa shape index (κ2) is 3.03. The van der Waals surface area contributed by atoms with E-state index < -0.39 is 0 Å². The van der Waals surface area contributed by atoms with Gasteiger partial charge < -0.3 is 5.11 Å². The number of hydrogen-bond donors (Lipinski definition) is 1. The first-order valence-corrected chi connectivity index (χ1v) is 3.89. The van der Waals surface area contributed by atoms with Gasteiger partial charge in [0.15, 0.2) is 0 Å². The summed E-state index contributed by atoms with van der Waals surface area (Å²) in [6.45, 7) is 2.10. The number of rotatable bonds is 1. The van der Waals surface area contributed by atoms with Crippen LogP contribution in [0.4, 0.5) is 0 Å². The lowest BCUT2D eigenvalue weighted by Gasteiger charge is -2.01. The van der Waals surface area contributed by atoms with Gasteiger partial charge in [-0.15, -0.1) is 9.24 Å². The molecule has 1 nitrogen and oxygen atoms in total. The summed E-state index contributed by atoms with van der Waals surface area (Å²) in [6.07, 6.45) is 1.01. The summed E-state index contributed by atoms with van der Waals surface area (Å²) in [6, 6.07) is 5.41. The van der Waals surface area contributed by atoms with E-state index in [1.807, 2.05) is 6.07 Å². The molecule has 1 aromatic carbocycles. The molecule has 54 valence electrons. The Morgan fingerprint density at radius 1 is 1.50 bits per heavy atom. The fourth-order valence-electron chi connectivity index (χ4n) is 0.904. The van der Waals surface area contributed by atoms with Crippen molar-refractivity contribution in [3.8, 4) is 5.75 Å². The van der Waals surface area contributed by atoms with Crippen LogP contribution in [0.1, 0.15) is 12.5 Å². The van der Waals surface area contributed by atoms with Crippen molar-refractivity contribution < 1.29 is 5.11 Å². The van der Waals surface area contributed by atoms with Gasteiger partial charge in [-0.05, 0) is 29.4 Å². The summed E-state index contributed by atoms with van der Waals surface area (Å²) in [5, 5.41) is 10.1. The minimum absolute atomic E-state index is 0.335. The maximum absolute atomic E-state index is 9.02. The fourth-order valence-corrected chi connectivity index (χ4v) is 1.38. The summed E-state index contributed by atoms with van der Waals surface area (Å²) in [7, 11) is 2.61. The minimum atomic E-state index is 0.335. The first-order chi connectivity index (χ1) is 4.74. The van der Waals surface area contributed by atoms with Crippen molar-refractivity contribution in [1.29, 1.82) is 0 Å². The molecule has 0 aliphatic heterocycles. The number of phenolic OH excluding ortho intramolecular Hbond substituents is 1. The molecule has 0 saturated heterocycles. The van der Waals surface area contributed by atoms with Crippen LogP contribution in [0.15, 0.2) is 18.2 Å². The van der Waals surface area contributed by atoms with Gasteiger partial charge in [-0.3, -0.25) is 0 Å². The molecule has 2 heteroatoms. The van der Waals surface area contributed by atoms with Crippen molar-refractivity contribution >= 4 is 14.5 Å². The van der Waals surface area contributed by atoms with Crippen LogP contribution in [0, 0.1) is 0 Å². The number of aromatic hydroxyl groups is 1. The van der Waals surface area contributed by atoms with Crippen LogP contribution in [-0.2, 0) is 6.42 Å². The number of phenols is 1. The van der Waals surface area contributed by atoms with Crippen LogP contribution < -0.4 is 5.30 Å². The molecule has 0 spiro atoms. The van der Waals surface area contributed by atoms with E-state index in [4.69, 9.17) is 5.11 Å². The molecule has 10 heavy (non-hydrogen) atoms. The third kappa shape index (κ3) is 1.48. The van der Waals surface area contributed by atoms with E-state index >= 15 is 0 Å². The summed E-state index contributed by atoms with van der Waals surface area (Å²) >= 11 is 0. The third-order valence-corrected chi connectivity index (χ3v) is 2.05. The quantitative estimate of drug-likeness (QED) is 0.607. The van der Waals surface area contributed by atoms with Gasteiger partial charge in [0.1, 0.15) is 5.75 Å². The second-order valence-electron chi connectivity index (χ2n) is 2.24. The Kier molecular flexibility index (Phi) is 2.29. The van der Waals surface area contributed by atoms with Crippen molar-refractivity contribution in [2.24, 2.45) is 0 Å². The Morgan fingerprint density at radius 2 is 2.20 bits per heavy atom. The van der Waals surface area contributed by atoms with Crippen LogP contribution in [0.2, 0.25) is 0 Å². The van der Waals surface area contributed by atoms with E-state index in [0.29, 0.717) is 5.75 Å². The Balaban J connectivity index is 3.07. The lowest BCUT2D eigenvalue weighted by atomic mass is 10.2. The van der Waals surface area contributed by atoms with E-state index in [0.717, 1.165) is 11.7 Å². The molecule has 0 saturated carbocycles. The average Bonchev–Trinajstić information content (AvgIpc) is 1.88. The van der Waals surface area contributed by atoms with Gasteiger partial charge in [0.25, 0.3) is 0 Å². The highest BCUT2D eigenvalue weighted by Crippen LogP contribution is 2.10. The zero-order chi connectivity index (χ0) is 7.56. The Morgan fingerprint density at radius 3 is 2.70 bits per heavy atom. The van der Waals surface area contributed by atoms with Crippen LogP contribution in [-0.4, -0.2) is 5.11 Å². The Hall–Kier alpha value is -0.550. The standard InChI is InChI=1S/C8H11OP/c1-2-6-3-4-7(9)5-8(6)10/h3-5,9H,2,10H2,1H3. The van der Waals surface area contributed by atoms with Gasteiger partial charge in [0.2, 0.25) is 0 Å². The van der Waals surface area contributed by atoms with Crippen molar-refractivity contribution in [2.45, 2.75) is 13.3 Å². The first kappa shape index (κ1) is 7.56. The maximum atomic E-state index is 9.02. The molecule has 1 N–H and O–H groups in total. The zero-order valence-electron chi connectivity index (χ0n) is 5.96. The molecule has 0 bridgehead atoms. The van der Waals surface area contributed by atoms with E-state index in [9.17, 15) is 0 Å². The minimum Gasteiger partial charge on any atom is -0.508 e.